The molecule has 1 aliphatic rings. The molecule has 0 saturated carbocycles. The number of hydrogen-bond donors (Lipinski definition) is 3. The topological polar surface area (TPSA) is 69.8 Å². The van der Waals surface area contributed by atoms with E-state index < -0.39 is 5.54 Å². The Hall–Kier alpha value is -1.36. The van der Waals surface area contributed by atoms with Crippen molar-refractivity contribution in [2.24, 2.45) is 0 Å². The van der Waals surface area contributed by atoms with Crippen LogP contribution in [0.5, 0.6) is 0 Å². The van der Waals surface area contributed by atoms with E-state index >= 15 is 0 Å². The number of hydrogen-bond acceptors (Lipinski definition) is 3. The molecule has 1 fully saturated rings. The lowest BCUT2D eigenvalue weighted by atomic mass is 9.98. The molecule has 2 rings (SSSR count). The molecule has 2 atom stereocenters. The molecule has 88 valence electrons. The molecule has 16 heavy (non-hydrogen) atoms. The summed E-state index contributed by atoms with van der Waals surface area (Å²) < 4.78 is 0. The van der Waals surface area contributed by atoms with Crippen molar-refractivity contribution in [3.63, 3.8) is 0 Å². The van der Waals surface area contributed by atoms with E-state index in [1.807, 2.05) is 13.8 Å². The van der Waals surface area contributed by atoms with Gasteiger partial charge in [-0.15, -0.1) is 0 Å². The van der Waals surface area contributed by atoms with Gasteiger partial charge >= 0.3 is 0 Å². The zero-order valence-corrected chi connectivity index (χ0v) is 9.71. The maximum absolute atomic E-state index is 12.1. The van der Waals surface area contributed by atoms with Crippen molar-refractivity contribution in [3.05, 3.63) is 18.0 Å². The Bertz CT molecular complexity index is 354. The van der Waals surface area contributed by atoms with Gasteiger partial charge in [0.1, 0.15) is 0 Å². The summed E-state index contributed by atoms with van der Waals surface area (Å²) in [5.74, 6) is 0.0682. The van der Waals surface area contributed by atoms with E-state index in [1.54, 1.807) is 12.4 Å². The molecule has 5 nitrogen and oxygen atoms in total. The van der Waals surface area contributed by atoms with E-state index in [9.17, 15) is 4.79 Å². The Morgan fingerprint density at radius 2 is 2.50 bits per heavy atom. The van der Waals surface area contributed by atoms with Gasteiger partial charge in [0.15, 0.2) is 0 Å². The van der Waals surface area contributed by atoms with Crippen LogP contribution >= 0.6 is 0 Å². The van der Waals surface area contributed by atoms with Crippen molar-refractivity contribution in [3.8, 4) is 0 Å². The maximum Gasteiger partial charge on any atom is 0.240 e. The first kappa shape index (κ1) is 11.1. The van der Waals surface area contributed by atoms with Crippen molar-refractivity contribution in [1.82, 2.24) is 20.8 Å². The minimum absolute atomic E-state index is 0.00882. The number of aromatic nitrogens is 2. The molecule has 2 unspecified atom stereocenters. The molecule has 1 saturated heterocycles. The van der Waals surface area contributed by atoms with Gasteiger partial charge in [0.25, 0.3) is 0 Å². The van der Waals surface area contributed by atoms with Crippen LogP contribution in [0.4, 0.5) is 0 Å². The van der Waals surface area contributed by atoms with Crippen molar-refractivity contribution in [1.29, 1.82) is 0 Å². The van der Waals surface area contributed by atoms with Gasteiger partial charge in [0.2, 0.25) is 5.91 Å². The van der Waals surface area contributed by atoms with Crippen molar-refractivity contribution in [2.75, 3.05) is 6.54 Å². The Labute approximate surface area is 95.0 Å². The Morgan fingerprint density at radius 3 is 3.06 bits per heavy atom. The van der Waals surface area contributed by atoms with Gasteiger partial charge in [-0.05, 0) is 33.2 Å². The third-order valence-corrected chi connectivity index (χ3v) is 3.24. The number of amides is 1. The highest BCUT2D eigenvalue weighted by Gasteiger charge is 2.36. The largest absolute Gasteiger partial charge is 0.348 e. The third kappa shape index (κ3) is 2.09. The quantitative estimate of drug-likeness (QED) is 0.706. The van der Waals surface area contributed by atoms with Gasteiger partial charge in [0, 0.05) is 11.8 Å². The second-order valence-corrected chi connectivity index (χ2v) is 4.59. The first-order chi connectivity index (χ1) is 7.62. The van der Waals surface area contributed by atoms with Crippen LogP contribution in [0.1, 0.15) is 38.3 Å². The van der Waals surface area contributed by atoms with Crippen molar-refractivity contribution >= 4 is 5.91 Å². The van der Waals surface area contributed by atoms with E-state index in [4.69, 9.17) is 0 Å². The average Bonchev–Trinajstić information content (AvgIpc) is 2.88. The number of nitrogens with zero attached hydrogens (tertiary/aromatic N) is 1. The summed E-state index contributed by atoms with van der Waals surface area (Å²) in [4.78, 5) is 12.1. The minimum atomic E-state index is -0.405. The molecule has 0 aromatic carbocycles. The normalized spacial score (nSPS) is 26.6. The van der Waals surface area contributed by atoms with Gasteiger partial charge < -0.3 is 10.6 Å². The van der Waals surface area contributed by atoms with Crippen LogP contribution in [0.15, 0.2) is 12.4 Å². The SMILES string of the molecule is CC(NC(=O)C1(C)CCCN1)c1cn[nH]c1. The highest BCUT2D eigenvalue weighted by molar-refractivity contribution is 5.86. The fraction of sp³-hybridized carbons (Fsp3) is 0.636. The molecule has 1 amide bonds. The van der Waals surface area contributed by atoms with Crippen LogP contribution < -0.4 is 10.6 Å². The zero-order chi connectivity index (χ0) is 11.6. The molecule has 0 radical (unpaired) electrons. The zero-order valence-electron chi connectivity index (χ0n) is 9.71. The van der Waals surface area contributed by atoms with E-state index in [0.29, 0.717) is 0 Å². The van der Waals surface area contributed by atoms with E-state index in [2.05, 4.69) is 20.8 Å². The molecule has 5 heteroatoms. The lowest BCUT2D eigenvalue weighted by Gasteiger charge is -2.25. The predicted octanol–water partition coefficient (Wildman–Crippen LogP) is 0.729. The summed E-state index contributed by atoms with van der Waals surface area (Å²) in [6.07, 6.45) is 5.49. The first-order valence-electron chi connectivity index (χ1n) is 5.66. The van der Waals surface area contributed by atoms with Gasteiger partial charge in [-0.25, -0.2) is 0 Å². The summed E-state index contributed by atoms with van der Waals surface area (Å²) in [5, 5.41) is 12.9. The number of carbonyl (C=O) groups excluding carboxylic acids is 1. The average molecular weight is 222 g/mol. The molecule has 0 spiro atoms. The fourth-order valence-corrected chi connectivity index (χ4v) is 2.03. The van der Waals surface area contributed by atoms with Crippen LogP contribution in [-0.4, -0.2) is 28.2 Å². The molecule has 0 aliphatic carbocycles. The first-order valence-corrected chi connectivity index (χ1v) is 5.66. The summed E-state index contributed by atoms with van der Waals surface area (Å²) in [6.45, 7) is 4.84. The summed E-state index contributed by atoms with van der Waals surface area (Å²) >= 11 is 0. The van der Waals surface area contributed by atoms with Crippen LogP contribution in [-0.2, 0) is 4.79 Å². The number of H-pyrrole nitrogens is 1. The van der Waals surface area contributed by atoms with Crippen LogP contribution in [0.2, 0.25) is 0 Å². The number of nitrogens with one attached hydrogen (secondary N) is 3. The smallest absolute Gasteiger partial charge is 0.240 e. The van der Waals surface area contributed by atoms with Gasteiger partial charge in [-0.3, -0.25) is 9.89 Å². The minimum Gasteiger partial charge on any atom is -0.348 e. The third-order valence-electron chi connectivity index (χ3n) is 3.24. The summed E-state index contributed by atoms with van der Waals surface area (Å²) in [7, 11) is 0. The molecule has 2 heterocycles. The van der Waals surface area contributed by atoms with E-state index in [0.717, 1.165) is 24.9 Å². The van der Waals surface area contributed by atoms with Crippen LogP contribution in [0.3, 0.4) is 0 Å². The predicted molar refractivity (Wildman–Crippen MR) is 60.8 cm³/mol. The molecule has 1 aromatic heterocycles. The summed E-state index contributed by atoms with van der Waals surface area (Å²) in [5.41, 5.74) is 0.591. The molecular weight excluding hydrogens is 204 g/mol. The molecule has 3 N–H and O–H groups in total. The standard InChI is InChI=1S/C11H18N4O/c1-8(9-6-13-14-7-9)15-10(16)11(2)4-3-5-12-11/h6-8,12H,3-5H2,1-2H3,(H,13,14)(H,15,16). The Kier molecular flexibility index (Phi) is 2.96. The molecular formula is C11H18N4O. The molecule has 1 aromatic rings. The van der Waals surface area contributed by atoms with Crippen LogP contribution in [0, 0.1) is 0 Å². The van der Waals surface area contributed by atoms with Gasteiger partial charge in [-0.2, -0.15) is 5.10 Å². The van der Waals surface area contributed by atoms with E-state index in [1.165, 1.54) is 0 Å². The van der Waals surface area contributed by atoms with Gasteiger partial charge in [0.05, 0.1) is 17.8 Å². The number of rotatable bonds is 3. The second-order valence-electron chi connectivity index (χ2n) is 4.59. The van der Waals surface area contributed by atoms with Crippen molar-refractivity contribution in [2.45, 2.75) is 38.3 Å². The lowest BCUT2D eigenvalue weighted by Crippen LogP contribution is -2.51. The monoisotopic (exact) mass is 222 g/mol. The lowest BCUT2D eigenvalue weighted by molar-refractivity contribution is -0.127. The molecule has 1 aliphatic heterocycles. The maximum atomic E-state index is 12.1. The highest BCUT2D eigenvalue weighted by Crippen LogP contribution is 2.20. The van der Waals surface area contributed by atoms with Crippen LogP contribution in [0.25, 0.3) is 0 Å². The van der Waals surface area contributed by atoms with E-state index in [-0.39, 0.29) is 11.9 Å². The Balaban J connectivity index is 1.97. The highest BCUT2D eigenvalue weighted by atomic mass is 16.2. The number of aromatic amines is 1. The fourth-order valence-electron chi connectivity index (χ4n) is 2.03. The van der Waals surface area contributed by atoms with Crippen molar-refractivity contribution < 1.29 is 4.79 Å². The second kappa shape index (κ2) is 4.25. The summed E-state index contributed by atoms with van der Waals surface area (Å²) in [6, 6.07) is -0.00882. The Morgan fingerprint density at radius 1 is 1.69 bits per heavy atom. The molecule has 0 bridgehead atoms. The number of carbonyl (C=O) groups is 1. The van der Waals surface area contributed by atoms with Gasteiger partial charge in [-0.1, -0.05) is 0 Å².